The van der Waals surface area contributed by atoms with Crippen LogP contribution in [0.15, 0.2) is 35.5 Å². The fourth-order valence-electron chi connectivity index (χ4n) is 3.74. The average Bonchev–Trinajstić information content (AvgIpc) is 3.22. The molecule has 1 heterocycles. The first-order valence-electron chi connectivity index (χ1n) is 11.4. The number of hydrogen-bond acceptors (Lipinski definition) is 5. The zero-order valence-electron chi connectivity index (χ0n) is 20.7. The Hall–Kier alpha value is -1.82. The number of anilines is 1. The Balaban J connectivity index is 1.74. The first-order valence-corrected chi connectivity index (χ1v) is 14.2. The molecule has 2 N–H and O–H groups in total. The van der Waals surface area contributed by atoms with Crippen molar-refractivity contribution in [3.05, 3.63) is 66.5 Å². The van der Waals surface area contributed by atoms with Crippen molar-refractivity contribution >= 4 is 75.1 Å². The minimum atomic E-state index is -0.389. The van der Waals surface area contributed by atoms with Crippen LogP contribution in [-0.2, 0) is 11.3 Å². The van der Waals surface area contributed by atoms with Crippen molar-refractivity contribution in [1.29, 1.82) is 0 Å². The Bertz CT molecular complexity index is 1260. The third kappa shape index (κ3) is 6.93. The van der Waals surface area contributed by atoms with Crippen molar-refractivity contribution in [3.63, 3.8) is 0 Å². The molecule has 0 spiro atoms. The van der Waals surface area contributed by atoms with Crippen molar-refractivity contribution in [2.45, 2.75) is 52.4 Å². The number of hydrogen-bond donors (Lipinski definition) is 2. The van der Waals surface area contributed by atoms with Crippen LogP contribution in [0, 0.1) is 23.3 Å². The van der Waals surface area contributed by atoms with Gasteiger partial charge in [-0.2, -0.15) is 0 Å². The summed E-state index contributed by atoms with van der Waals surface area (Å²) in [7, 11) is 0. The molecule has 2 aromatic carbocycles. The molecule has 192 valence electrons. The SMILES string of the molecule is CCn1c(SCC(=O)Nc2c(C)cc(I)cc2C)nnc1[C@H](NC(=O)c1ccc(Cl)c(Cl)c1)C(C)C. The number of halogens is 3. The van der Waals surface area contributed by atoms with Gasteiger partial charge in [0.2, 0.25) is 5.91 Å². The summed E-state index contributed by atoms with van der Waals surface area (Å²) in [4.78, 5) is 25.6. The van der Waals surface area contributed by atoms with Crippen molar-refractivity contribution < 1.29 is 9.59 Å². The van der Waals surface area contributed by atoms with Crippen LogP contribution in [-0.4, -0.2) is 32.3 Å². The van der Waals surface area contributed by atoms with Gasteiger partial charge in [0.1, 0.15) is 0 Å². The molecule has 1 atom stereocenters. The van der Waals surface area contributed by atoms with Crippen LogP contribution in [0.25, 0.3) is 0 Å². The van der Waals surface area contributed by atoms with Gasteiger partial charge in [-0.25, -0.2) is 0 Å². The van der Waals surface area contributed by atoms with Crippen molar-refractivity contribution in [1.82, 2.24) is 20.1 Å². The maximum Gasteiger partial charge on any atom is 0.251 e. The Labute approximate surface area is 239 Å². The lowest BCUT2D eigenvalue weighted by Gasteiger charge is -2.22. The van der Waals surface area contributed by atoms with E-state index in [-0.39, 0.29) is 29.5 Å². The zero-order valence-corrected chi connectivity index (χ0v) is 25.1. The Morgan fingerprint density at radius 1 is 1.08 bits per heavy atom. The van der Waals surface area contributed by atoms with Crippen LogP contribution in [0.4, 0.5) is 5.69 Å². The van der Waals surface area contributed by atoms with E-state index in [1.54, 1.807) is 12.1 Å². The summed E-state index contributed by atoms with van der Waals surface area (Å²) in [5, 5.41) is 16.1. The van der Waals surface area contributed by atoms with Gasteiger partial charge < -0.3 is 15.2 Å². The van der Waals surface area contributed by atoms with Crippen molar-refractivity contribution in [2.75, 3.05) is 11.1 Å². The van der Waals surface area contributed by atoms with E-state index in [2.05, 4.69) is 43.4 Å². The summed E-state index contributed by atoms with van der Waals surface area (Å²) >= 11 is 15.6. The van der Waals surface area contributed by atoms with Crippen LogP contribution < -0.4 is 10.6 Å². The number of benzene rings is 2. The molecule has 11 heteroatoms. The monoisotopic (exact) mass is 659 g/mol. The van der Waals surface area contributed by atoms with E-state index in [1.807, 2.05) is 51.3 Å². The fraction of sp³-hybridized carbons (Fsp3) is 0.360. The summed E-state index contributed by atoms with van der Waals surface area (Å²) in [5.41, 5.74) is 3.29. The highest BCUT2D eigenvalue weighted by Crippen LogP contribution is 2.28. The lowest BCUT2D eigenvalue weighted by atomic mass is 10.0. The normalized spacial score (nSPS) is 12.0. The van der Waals surface area contributed by atoms with Gasteiger partial charge in [0.15, 0.2) is 11.0 Å². The quantitative estimate of drug-likeness (QED) is 0.198. The molecule has 2 amide bonds. The molecular formula is C25H28Cl2IN5O2S. The van der Waals surface area contributed by atoms with Gasteiger partial charge in [-0.1, -0.05) is 48.8 Å². The standard InChI is InChI=1S/C25H28Cl2IN5O2S/c1-6-33-23(21(13(2)3)30-24(35)16-7-8-18(26)19(27)11-16)31-32-25(33)36-12-20(34)29-22-14(4)9-17(28)10-15(22)5/h7-11,13,21H,6,12H2,1-5H3,(H,29,34)(H,30,35)/t21-/m1/s1. The van der Waals surface area contributed by atoms with Crippen LogP contribution >= 0.6 is 57.6 Å². The summed E-state index contributed by atoms with van der Waals surface area (Å²) in [6.07, 6.45) is 0. The predicted molar refractivity (Wildman–Crippen MR) is 155 cm³/mol. The third-order valence-corrected chi connectivity index (χ3v) is 7.90. The van der Waals surface area contributed by atoms with E-state index in [9.17, 15) is 9.59 Å². The topological polar surface area (TPSA) is 88.9 Å². The van der Waals surface area contributed by atoms with Gasteiger partial charge in [-0.05, 0) is 90.7 Å². The molecule has 0 fully saturated rings. The fourth-order valence-corrected chi connectivity index (χ4v) is 5.78. The number of carbonyl (C=O) groups is 2. The van der Waals surface area contributed by atoms with Gasteiger partial charge >= 0.3 is 0 Å². The first kappa shape index (κ1) is 28.7. The largest absolute Gasteiger partial charge is 0.342 e. The molecule has 36 heavy (non-hydrogen) atoms. The van der Waals surface area contributed by atoms with E-state index in [4.69, 9.17) is 23.2 Å². The second-order valence-electron chi connectivity index (χ2n) is 8.66. The number of aromatic nitrogens is 3. The lowest BCUT2D eigenvalue weighted by molar-refractivity contribution is -0.113. The van der Waals surface area contributed by atoms with Gasteiger partial charge in [0.05, 0.1) is 21.8 Å². The highest BCUT2D eigenvalue weighted by molar-refractivity contribution is 14.1. The molecule has 3 rings (SSSR count). The molecule has 0 aliphatic heterocycles. The first-order chi connectivity index (χ1) is 17.0. The van der Waals surface area contributed by atoms with E-state index in [0.717, 1.165) is 20.4 Å². The smallest absolute Gasteiger partial charge is 0.251 e. The zero-order chi connectivity index (χ0) is 26.6. The number of thioether (sulfide) groups is 1. The predicted octanol–water partition coefficient (Wildman–Crippen LogP) is 6.68. The molecule has 0 aliphatic rings. The van der Waals surface area contributed by atoms with Crippen molar-refractivity contribution in [3.8, 4) is 0 Å². The molecule has 0 radical (unpaired) electrons. The minimum Gasteiger partial charge on any atom is -0.342 e. The molecule has 0 saturated carbocycles. The van der Waals surface area contributed by atoms with Gasteiger partial charge in [-0.3, -0.25) is 9.59 Å². The highest BCUT2D eigenvalue weighted by Gasteiger charge is 2.26. The number of nitrogens with zero attached hydrogens (tertiary/aromatic N) is 3. The van der Waals surface area contributed by atoms with Gasteiger partial charge in [0, 0.05) is 21.4 Å². The number of amides is 2. The number of carbonyl (C=O) groups excluding carboxylic acids is 2. The molecule has 0 saturated heterocycles. The molecule has 0 unspecified atom stereocenters. The number of aryl methyl sites for hydroxylation is 2. The van der Waals surface area contributed by atoms with E-state index >= 15 is 0 Å². The van der Waals surface area contributed by atoms with Crippen LogP contribution in [0.3, 0.4) is 0 Å². The summed E-state index contributed by atoms with van der Waals surface area (Å²) in [6, 6.07) is 8.44. The summed E-state index contributed by atoms with van der Waals surface area (Å²) in [6.45, 7) is 10.5. The molecule has 0 aliphatic carbocycles. The third-order valence-electron chi connectivity index (χ3n) is 5.57. The second-order valence-corrected chi connectivity index (χ2v) is 11.7. The minimum absolute atomic E-state index is 0.0409. The van der Waals surface area contributed by atoms with Crippen LogP contribution in [0.5, 0.6) is 0 Å². The Morgan fingerprint density at radius 3 is 2.33 bits per heavy atom. The lowest BCUT2D eigenvalue weighted by Crippen LogP contribution is -2.33. The maximum absolute atomic E-state index is 12.9. The average molecular weight is 660 g/mol. The number of rotatable bonds is 9. The molecular weight excluding hydrogens is 632 g/mol. The molecule has 0 bridgehead atoms. The van der Waals surface area contributed by atoms with Gasteiger partial charge in [0.25, 0.3) is 5.91 Å². The maximum atomic E-state index is 12.9. The number of nitrogens with one attached hydrogen (secondary N) is 2. The van der Waals surface area contributed by atoms with Crippen molar-refractivity contribution in [2.24, 2.45) is 5.92 Å². The summed E-state index contributed by atoms with van der Waals surface area (Å²) < 4.78 is 3.06. The molecule has 1 aromatic heterocycles. The Morgan fingerprint density at radius 2 is 1.75 bits per heavy atom. The van der Waals surface area contributed by atoms with Gasteiger partial charge in [-0.15, -0.1) is 10.2 Å². The van der Waals surface area contributed by atoms with Crippen LogP contribution in [0.1, 0.15) is 54.1 Å². The van der Waals surface area contributed by atoms with E-state index < -0.39 is 0 Å². The summed E-state index contributed by atoms with van der Waals surface area (Å²) in [5.74, 6) is 0.459. The Kier molecular flexibility index (Phi) is 10.1. The van der Waals surface area contributed by atoms with Crippen LogP contribution in [0.2, 0.25) is 10.0 Å². The highest BCUT2D eigenvalue weighted by atomic mass is 127. The van der Waals surface area contributed by atoms with E-state index in [1.165, 1.54) is 17.8 Å². The second kappa shape index (κ2) is 12.6. The molecule has 7 nitrogen and oxygen atoms in total. The molecule has 3 aromatic rings. The van der Waals surface area contributed by atoms with E-state index in [0.29, 0.717) is 33.1 Å².